The van der Waals surface area contributed by atoms with Crippen LogP contribution < -0.4 is 10.0 Å². The predicted octanol–water partition coefficient (Wildman–Crippen LogP) is 2.44. The fraction of sp³-hybridized carbons (Fsp3) is 0.650. The van der Waals surface area contributed by atoms with E-state index in [2.05, 4.69) is 28.8 Å². The topological polar surface area (TPSA) is 78.5 Å². The van der Waals surface area contributed by atoms with E-state index in [1.54, 1.807) is 18.2 Å². The number of carbonyl (C=O) groups is 1. The molecule has 1 saturated heterocycles. The fourth-order valence-corrected chi connectivity index (χ4v) is 4.39. The van der Waals surface area contributed by atoms with Crippen LogP contribution in [0.1, 0.15) is 45.1 Å². The number of carbonyl (C=O) groups excluding carboxylic acids is 1. The molecule has 1 aliphatic heterocycles. The van der Waals surface area contributed by atoms with Crippen LogP contribution in [0.5, 0.6) is 0 Å². The number of likely N-dealkylation sites (tertiary alicyclic amines) is 1. The van der Waals surface area contributed by atoms with E-state index in [4.69, 9.17) is 0 Å². The first kappa shape index (κ1) is 23.0. The molecule has 6 nitrogen and oxygen atoms in total. The molecule has 1 aromatic rings. The van der Waals surface area contributed by atoms with Gasteiger partial charge in [-0.3, -0.25) is 9.52 Å². The zero-order valence-electron chi connectivity index (χ0n) is 17.0. The molecule has 0 radical (unpaired) electrons. The summed E-state index contributed by atoms with van der Waals surface area (Å²) in [6, 6.07) is 7.36. The lowest BCUT2D eigenvalue weighted by Crippen LogP contribution is -2.49. The van der Waals surface area contributed by atoms with Gasteiger partial charge in [-0.2, -0.15) is 13.5 Å². The Morgan fingerprint density at radius 1 is 1.21 bits per heavy atom. The molecule has 1 aromatic carbocycles. The van der Waals surface area contributed by atoms with Crippen LogP contribution in [0.2, 0.25) is 0 Å². The predicted molar refractivity (Wildman–Crippen MR) is 119 cm³/mol. The lowest BCUT2D eigenvalue weighted by atomic mass is 9.93. The number of sulfonamides is 1. The van der Waals surface area contributed by atoms with Gasteiger partial charge in [-0.25, -0.2) is 8.42 Å². The minimum atomic E-state index is -3.34. The molecule has 28 heavy (non-hydrogen) atoms. The van der Waals surface area contributed by atoms with E-state index in [1.165, 1.54) is 12.8 Å². The van der Waals surface area contributed by atoms with Gasteiger partial charge in [-0.1, -0.05) is 26.0 Å². The van der Waals surface area contributed by atoms with Crippen molar-refractivity contribution in [3.63, 3.8) is 0 Å². The molecule has 8 heteroatoms. The van der Waals surface area contributed by atoms with E-state index in [1.807, 2.05) is 6.07 Å². The second kappa shape index (κ2) is 9.05. The SMILES string of the molecule is CC(C)[C@@H](CN1CCCC1)NC(=O)C1(c2cccc(NS(C)(=O)=O)c2)CC1.S. The van der Waals surface area contributed by atoms with Crippen molar-refractivity contribution >= 4 is 35.1 Å². The number of hydrogen-bond donors (Lipinski definition) is 2. The van der Waals surface area contributed by atoms with Crippen LogP contribution in [0, 0.1) is 5.92 Å². The van der Waals surface area contributed by atoms with Crippen LogP contribution >= 0.6 is 13.5 Å². The lowest BCUT2D eigenvalue weighted by molar-refractivity contribution is -0.124. The molecule has 2 aliphatic rings. The van der Waals surface area contributed by atoms with Crippen molar-refractivity contribution in [1.29, 1.82) is 0 Å². The molecule has 0 unspecified atom stereocenters. The highest BCUT2D eigenvalue weighted by Gasteiger charge is 2.51. The van der Waals surface area contributed by atoms with Crippen LogP contribution in [-0.2, 0) is 20.2 Å². The normalized spacial score (nSPS) is 19.7. The number of rotatable bonds is 8. The molecule has 1 amide bonds. The van der Waals surface area contributed by atoms with E-state index < -0.39 is 15.4 Å². The number of amides is 1. The lowest BCUT2D eigenvalue weighted by Gasteiger charge is -2.29. The minimum Gasteiger partial charge on any atom is -0.351 e. The van der Waals surface area contributed by atoms with Crippen molar-refractivity contribution in [2.75, 3.05) is 30.6 Å². The molecule has 1 saturated carbocycles. The molecule has 158 valence electrons. The smallest absolute Gasteiger partial charge is 0.230 e. The van der Waals surface area contributed by atoms with Crippen LogP contribution in [0.4, 0.5) is 5.69 Å². The van der Waals surface area contributed by atoms with Gasteiger partial charge in [0.05, 0.1) is 11.7 Å². The largest absolute Gasteiger partial charge is 0.351 e. The summed E-state index contributed by atoms with van der Waals surface area (Å²) < 4.78 is 25.5. The van der Waals surface area contributed by atoms with E-state index in [0.717, 1.165) is 44.3 Å². The molecule has 1 atom stereocenters. The van der Waals surface area contributed by atoms with Gasteiger partial charge in [-0.15, -0.1) is 0 Å². The third kappa shape index (κ3) is 5.64. The summed E-state index contributed by atoms with van der Waals surface area (Å²) in [5.74, 6) is 0.431. The van der Waals surface area contributed by atoms with Crippen molar-refractivity contribution in [2.45, 2.75) is 51.0 Å². The highest BCUT2D eigenvalue weighted by Crippen LogP contribution is 2.49. The Morgan fingerprint density at radius 3 is 2.39 bits per heavy atom. The highest BCUT2D eigenvalue weighted by molar-refractivity contribution is 7.92. The van der Waals surface area contributed by atoms with E-state index in [0.29, 0.717) is 11.6 Å². The molecule has 0 aromatic heterocycles. The molecule has 2 N–H and O–H groups in total. The monoisotopic (exact) mass is 427 g/mol. The van der Waals surface area contributed by atoms with Crippen molar-refractivity contribution in [2.24, 2.45) is 5.92 Å². The summed E-state index contributed by atoms with van der Waals surface area (Å²) in [5.41, 5.74) is 0.872. The molecule has 2 fully saturated rings. The Hall–Kier alpha value is -1.25. The molecule has 1 aliphatic carbocycles. The number of nitrogens with one attached hydrogen (secondary N) is 2. The van der Waals surface area contributed by atoms with Gasteiger partial charge in [0.2, 0.25) is 15.9 Å². The van der Waals surface area contributed by atoms with Crippen molar-refractivity contribution in [3.8, 4) is 0 Å². The maximum atomic E-state index is 13.1. The van der Waals surface area contributed by atoms with Crippen molar-refractivity contribution in [3.05, 3.63) is 29.8 Å². The molecule has 1 heterocycles. The Kier molecular flexibility index (Phi) is 7.44. The summed E-state index contributed by atoms with van der Waals surface area (Å²) in [5, 5.41) is 3.29. The van der Waals surface area contributed by atoms with Gasteiger partial charge < -0.3 is 10.2 Å². The Balaban J connectivity index is 0.00000280. The highest BCUT2D eigenvalue weighted by atomic mass is 32.2. The van der Waals surface area contributed by atoms with Gasteiger partial charge in [-0.05, 0) is 62.4 Å². The summed E-state index contributed by atoms with van der Waals surface area (Å²) in [4.78, 5) is 15.6. The van der Waals surface area contributed by atoms with E-state index in [-0.39, 0.29) is 25.4 Å². The summed E-state index contributed by atoms with van der Waals surface area (Å²) in [6.45, 7) is 7.43. The van der Waals surface area contributed by atoms with E-state index in [9.17, 15) is 13.2 Å². The first-order valence-electron chi connectivity index (χ1n) is 9.81. The van der Waals surface area contributed by atoms with Gasteiger partial charge in [0.15, 0.2) is 0 Å². The van der Waals surface area contributed by atoms with Crippen molar-refractivity contribution < 1.29 is 13.2 Å². The average Bonchev–Trinajstić information content (AvgIpc) is 3.24. The zero-order chi connectivity index (χ0) is 19.7. The second-order valence-corrected chi connectivity index (χ2v) is 10.1. The fourth-order valence-electron chi connectivity index (χ4n) is 3.84. The number of hydrogen-bond acceptors (Lipinski definition) is 4. The average molecular weight is 428 g/mol. The van der Waals surface area contributed by atoms with Gasteiger partial charge in [0.1, 0.15) is 0 Å². The van der Waals surface area contributed by atoms with Gasteiger partial charge in [0.25, 0.3) is 0 Å². The maximum absolute atomic E-state index is 13.1. The van der Waals surface area contributed by atoms with Crippen molar-refractivity contribution in [1.82, 2.24) is 10.2 Å². The minimum absolute atomic E-state index is 0. The standard InChI is InChI=1S/C20H31N3O3S.H2S/c1-15(2)18(14-23-11-4-5-12-23)21-19(24)20(9-10-20)16-7-6-8-17(13-16)22-27(3,25)26;/h6-8,13,15,18,22H,4-5,9-12,14H2,1-3H3,(H,21,24);1H2/t18-;/m1./s1. The Morgan fingerprint density at radius 2 is 1.86 bits per heavy atom. The van der Waals surface area contributed by atoms with Gasteiger partial charge in [0, 0.05) is 18.3 Å². The third-order valence-corrected chi connectivity index (χ3v) is 6.28. The first-order valence-corrected chi connectivity index (χ1v) is 11.7. The van der Waals surface area contributed by atoms with Gasteiger partial charge >= 0.3 is 0 Å². The van der Waals surface area contributed by atoms with Crippen LogP contribution in [0.3, 0.4) is 0 Å². The molecule has 0 bridgehead atoms. The quantitative estimate of drug-likeness (QED) is 0.668. The number of anilines is 1. The number of nitrogens with zero attached hydrogens (tertiary/aromatic N) is 1. The maximum Gasteiger partial charge on any atom is 0.230 e. The molecule has 3 rings (SSSR count). The van der Waals surface area contributed by atoms with Crippen LogP contribution in [0.15, 0.2) is 24.3 Å². The van der Waals surface area contributed by atoms with E-state index >= 15 is 0 Å². The zero-order valence-corrected chi connectivity index (χ0v) is 18.8. The molecular formula is C20H33N3O3S2. The summed E-state index contributed by atoms with van der Waals surface area (Å²) >= 11 is 0. The summed E-state index contributed by atoms with van der Waals surface area (Å²) in [6.07, 6.45) is 5.21. The molecule has 0 spiro atoms. The Bertz CT molecular complexity index is 786. The number of benzene rings is 1. The third-order valence-electron chi connectivity index (χ3n) is 5.68. The first-order chi connectivity index (χ1) is 12.7. The van der Waals surface area contributed by atoms with Crippen LogP contribution in [-0.4, -0.2) is 51.2 Å². The van der Waals surface area contributed by atoms with Crippen LogP contribution in [0.25, 0.3) is 0 Å². The summed E-state index contributed by atoms with van der Waals surface area (Å²) in [7, 11) is -3.34. The molecular weight excluding hydrogens is 394 g/mol. The second-order valence-electron chi connectivity index (χ2n) is 8.37. The Labute approximate surface area is 176 Å².